The molecule has 1 amide bonds. The van der Waals surface area contributed by atoms with E-state index >= 15 is 0 Å². The Hall–Kier alpha value is -1.96. The summed E-state index contributed by atoms with van der Waals surface area (Å²) in [7, 11) is 0. The summed E-state index contributed by atoms with van der Waals surface area (Å²) in [5.41, 5.74) is -1.01. The minimum atomic E-state index is -1.18. The Balaban J connectivity index is 2.79. The summed E-state index contributed by atoms with van der Waals surface area (Å²) in [6, 6.07) is 0. The van der Waals surface area contributed by atoms with E-state index in [0.717, 1.165) is 0 Å². The van der Waals surface area contributed by atoms with Crippen molar-refractivity contribution in [2.75, 3.05) is 19.6 Å². The molecule has 1 aliphatic rings. The van der Waals surface area contributed by atoms with Crippen molar-refractivity contribution in [1.29, 1.82) is 0 Å². The van der Waals surface area contributed by atoms with Gasteiger partial charge in [-0.05, 0) is 32.7 Å². The SMILES string of the molecule is CCNCC(=O)N1CCC[C@@]1(C)C(=O)C[C@@H](CCC(=O)O)C(=O)O. The first-order valence-corrected chi connectivity index (χ1v) is 8.21. The lowest BCUT2D eigenvalue weighted by Gasteiger charge is -2.34. The number of carboxylic acid groups (broad SMARTS) is 2. The molecule has 3 N–H and O–H groups in total. The molecule has 24 heavy (non-hydrogen) atoms. The Morgan fingerprint density at radius 1 is 1.25 bits per heavy atom. The van der Waals surface area contributed by atoms with E-state index in [-0.39, 0.29) is 37.5 Å². The average Bonchev–Trinajstić information content (AvgIpc) is 2.91. The molecule has 0 bridgehead atoms. The lowest BCUT2D eigenvalue weighted by atomic mass is 9.85. The van der Waals surface area contributed by atoms with Gasteiger partial charge in [-0.2, -0.15) is 0 Å². The topological polar surface area (TPSA) is 124 Å². The van der Waals surface area contributed by atoms with Crippen LogP contribution in [0.3, 0.4) is 0 Å². The molecule has 136 valence electrons. The molecule has 1 fully saturated rings. The molecule has 1 aliphatic heterocycles. The van der Waals surface area contributed by atoms with Crippen molar-refractivity contribution >= 4 is 23.6 Å². The van der Waals surface area contributed by atoms with Crippen LogP contribution in [0.15, 0.2) is 0 Å². The highest BCUT2D eigenvalue weighted by Crippen LogP contribution is 2.32. The summed E-state index contributed by atoms with van der Waals surface area (Å²) in [4.78, 5) is 48.4. The lowest BCUT2D eigenvalue weighted by Crippen LogP contribution is -2.53. The maximum absolute atomic E-state index is 12.7. The van der Waals surface area contributed by atoms with Gasteiger partial charge in [-0.15, -0.1) is 0 Å². The van der Waals surface area contributed by atoms with E-state index in [9.17, 15) is 24.3 Å². The maximum atomic E-state index is 12.7. The van der Waals surface area contributed by atoms with Crippen molar-refractivity contribution in [3.63, 3.8) is 0 Å². The van der Waals surface area contributed by atoms with Crippen LogP contribution >= 0.6 is 0 Å². The number of carbonyl (C=O) groups excluding carboxylic acids is 2. The highest BCUT2D eigenvalue weighted by atomic mass is 16.4. The number of aliphatic carboxylic acids is 2. The van der Waals surface area contributed by atoms with Crippen molar-refractivity contribution in [3.8, 4) is 0 Å². The predicted molar refractivity (Wildman–Crippen MR) is 85.5 cm³/mol. The number of likely N-dealkylation sites (tertiary alicyclic amines) is 1. The number of likely N-dealkylation sites (N-methyl/N-ethyl adjacent to an activating group) is 1. The first-order chi connectivity index (χ1) is 11.2. The van der Waals surface area contributed by atoms with Gasteiger partial charge in [-0.3, -0.25) is 19.2 Å². The molecular weight excluding hydrogens is 316 g/mol. The van der Waals surface area contributed by atoms with Gasteiger partial charge in [-0.25, -0.2) is 0 Å². The number of ketones is 1. The van der Waals surface area contributed by atoms with Crippen LogP contribution in [-0.2, 0) is 19.2 Å². The van der Waals surface area contributed by atoms with Crippen LogP contribution in [0.4, 0.5) is 0 Å². The number of rotatable bonds is 10. The Morgan fingerprint density at radius 2 is 1.92 bits per heavy atom. The van der Waals surface area contributed by atoms with E-state index in [4.69, 9.17) is 5.11 Å². The summed E-state index contributed by atoms with van der Waals surface area (Å²) in [6.45, 7) is 4.80. The van der Waals surface area contributed by atoms with Crippen molar-refractivity contribution in [3.05, 3.63) is 0 Å². The summed E-state index contributed by atoms with van der Waals surface area (Å²) in [5.74, 6) is -3.82. The van der Waals surface area contributed by atoms with E-state index in [2.05, 4.69) is 5.32 Å². The zero-order valence-electron chi connectivity index (χ0n) is 14.2. The quantitative estimate of drug-likeness (QED) is 0.528. The van der Waals surface area contributed by atoms with Crippen LogP contribution in [0.25, 0.3) is 0 Å². The van der Waals surface area contributed by atoms with Crippen LogP contribution in [-0.4, -0.2) is 63.9 Å². The summed E-state index contributed by atoms with van der Waals surface area (Å²) < 4.78 is 0. The molecule has 0 spiro atoms. The number of carbonyl (C=O) groups is 4. The molecule has 0 radical (unpaired) electrons. The molecule has 2 atom stereocenters. The van der Waals surface area contributed by atoms with Gasteiger partial charge in [0.15, 0.2) is 5.78 Å². The van der Waals surface area contributed by atoms with E-state index in [1.54, 1.807) is 6.92 Å². The number of amides is 1. The van der Waals surface area contributed by atoms with Gasteiger partial charge in [0, 0.05) is 19.4 Å². The smallest absolute Gasteiger partial charge is 0.306 e. The molecule has 0 aromatic heterocycles. The number of Topliss-reactive ketones (excluding diaryl/α,β-unsaturated/α-hetero) is 1. The fourth-order valence-electron chi connectivity index (χ4n) is 3.03. The minimum Gasteiger partial charge on any atom is -0.481 e. The van der Waals surface area contributed by atoms with Crippen molar-refractivity contribution < 1.29 is 29.4 Å². The van der Waals surface area contributed by atoms with Gasteiger partial charge in [0.2, 0.25) is 5.91 Å². The maximum Gasteiger partial charge on any atom is 0.306 e. The summed E-state index contributed by atoms with van der Waals surface area (Å²) in [5, 5.41) is 20.8. The van der Waals surface area contributed by atoms with Crippen molar-refractivity contribution in [2.45, 2.75) is 51.5 Å². The largest absolute Gasteiger partial charge is 0.481 e. The van der Waals surface area contributed by atoms with Crippen molar-refractivity contribution in [1.82, 2.24) is 10.2 Å². The molecule has 0 aliphatic carbocycles. The minimum absolute atomic E-state index is 0.0994. The zero-order chi connectivity index (χ0) is 18.3. The highest BCUT2D eigenvalue weighted by molar-refractivity contribution is 5.95. The van der Waals surface area contributed by atoms with E-state index in [0.29, 0.717) is 25.9 Å². The molecule has 8 nitrogen and oxygen atoms in total. The van der Waals surface area contributed by atoms with E-state index in [1.165, 1.54) is 4.90 Å². The molecule has 8 heteroatoms. The molecule has 0 aromatic rings. The number of hydrogen-bond acceptors (Lipinski definition) is 5. The third-order valence-corrected chi connectivity index (χ3v) is 4.56. The first-order valence-electron chi connectivity index (χ1n) is 8.21. The number of nitrogens with one attached hydrogen (secondary N) is 1. The molecular formula is C16H26N2O6. The predicted octanol–water partition coefficient (Wildman–Crippen LogP) is 0.502. The van der Waals surface area contributed by atoms with Gasteiger partial charge < -0.3 is 20.4 Å². The van der Waals surface area contributed by atoms with Crippen molar-refractivity contribution in [2.24, 2.45) is 5.92 Å². The fourth-order valence-corrected chi connectivity index (χ4v) is 3.03. The van der Waals surface area contributed by atoms with Gasteiger partial charge in [0.1, 0.15) is 0 Å². The molecule has 0 unspecified atom stereocenters. The zero-order valence-corrected chi connectivity index (χ0v) is 14.2. The highest BCUT2D eigenvalue weighted by Gasteiger charge is 2.45. The normalized spacial score (nSPS) is 21.5. The van der Waals surface area contributed by atoms with Crippen LogP contribution < -0.4 is 5.32 Å². The van der Waals surface area contributed by atoms with Crippen LogP contribution in [0, 0.1) is 5.92 Å². The number of nitrogens with zero attached hydrogens (tertiary/aromatic N) is 1. The second kappa shape index (κ2) is 8.77. The standard InChI is InChI=1S/C16H26N2O6/c1-3-17-10-13(20)18-8-4-7-16(18,2)12(19)9-11(15(23)24)5-6-14(21)22/h11,17H,3-10H2,1-2H3,(H,21,22)(H,23,24)/t11-,16+/m1/s1. The Labute approximate surface area is 141 Å². The molecule has 0 aromatic carbocycles. The third-order valence-electron chi connectivity index (χ3n) is 4.56. The van der Waals surface area contributed by atoms with Gasteiger partial charge in [0.05, 0.1) is 18.0 Å². The van der Waals surface area contributed by atoms with Crippen LogP contribution in [0.2, 0.25) is 0 Å². The number of hydrogen-bond donors (Lipinski definition) is 3. The summed E-state index contributed by atoms with van der Waals surface area (Å²) >= 11 is 0. The van der Waals surface area contributed by atoms with E-state index < -0.39 is 23.4 Å². The van der Waals surface area contributed by atoms with Crippen LogP contribution in [0.5, 0.6) is 0 Å². The Morgan fingerprint density at radius 3 is 2.46 bits per heavy atom. The second-order valence-corrected chi connectivity index (χ2v) is 6.30. The monoisotopic (exact) mass is 342 g/mol. The van der Waals surface area contributed by atoms with E-state index in [1.807, 2.05) is 6.92 Å². The Bertz CT molecular complexity index is 507. The van der Waals surface area contributed by atoms with Crippen LogP contribution in [0.1, 0.15) is 46.0 Å². The lowest BCUT2D eigenvalue weighted by molar-refractivity contribution is -0.148. The third kappa shape index (κ3) is 5.02. The first kappa shape index (κ1) is 20.1. The van der Waals surface area contributed by atoms with Gasteiger partial charge >= 0.3 is 11.9 Å². The molecule has 1 saturated heterocycles. The molecule has 0 saturated carbocycles. The van der Waals surface area contributed by atoms with Gasteiger partial charge in [0.25, 0.3) is 0 Å². The van der Waals surface area contributed by atoms with Gasteiger partial charge in [-0.1, -0.05) is 6.92 Å². The second-order valence-electron chi connectivity index (χ2n) is 6.30. The summed E-state index contributed by atoms with van der Waals surface area (Å²) in [6.07, 6.45) is 0.522. The number of carboxylic acids is 2. The molecule has 1 heterocycles. The Kier molecular flexibility index (Phi) is 7.34. The fraction of sp³-hybridized carbons (Fsp3) is 0.750. The average molecular weight is 342 g/mol. The molecule has 1 rings (SSSR count).